The van der Waals surface area contributed by atoms with Gasteiger partial charge >= 0.3 is 6.18 Å². The van der Waals surface area contributed by atoms with E-state index in [2.05, 4.69) is 0 Å². The van der Waals surface area contributed by atoms with Gasteiger partial charge in [0.25, 0.3) is 0 Å². The predicted octanol–water partition coefficient (Wildman–Crippen LogP) is 4.14. The maximum Gasteiger partial charge on any atom is 0.419 e. The van der Waals surface area contributed by atoms with E-state index in [4.69, 9.17) is 0 Å². The van der Waals surface area contributed by atoms with Crippen molar-refractivity contribution in [1.29, 1.82) is 0 Å². The SMILES string of the molecule is O=C(C1=CCCC1)c1ccc(F)c(C(F)(F)F)c1. The Morgan fingerprint density at radius 3 is 2.50 bits per heavy atom. The summed E-state index contributed by atoms with van der Waals surface area (Å²) in [5, 5.41) is 0. The maximum atomic E-state index is 13.1. The van der Waals surface area contributed by atoms with Crippen molar-refractivity contribution < 1.29 is 22.4 Å². The molecule has 5 heteroatoms. The largest absolute Gasteiger partial charge is 0.419 e. The van der Waals surface area contributed by atoms with Crippen LogP contribution in [0.15, 0.2) is 29.8 Å². The summed E-state index contributed by atoms with van der Waals surface area (Å²) in [7, 11) is 0. The first kappa shape index (κ1) is 12.8. The van der Waals surface area contributed by atoms with Crippen LogP contribution in [0.4, 0.5) is 17.6 Å². The lowest BCUT2D eigenvalue weighted by Gasteiger charge is -2.09. The molecule has 2 rings (SSSR count). The molecule has 1 aromatic carbocycles. The summed E-state index contributed by atoms with van der Waals surface area (Å²) in [5.74, 6) is -1.81. The average molecular weight is 258 g/mol. The van der Waals surface area contributed by atoms with Crippen molar-refractivity contribution in [2.45, 2.75) is 25.4 Å². The number of alkyl halides is 3. The third-order valence-electron chi connectivity index (χ3n) is 2.87. The fraction of sp³-hybridized carbons (Fsp3) is 0.308. The molecule has 0 radical (unpaired) electrons. The number of Topliss-reactive ketones (excluding diaryl/α,β-unsaturated/α-hetero) is 1. The Balaban J connectivity index is 2.38. The van der Waals surface area contributed by atoms with Gasteiger partial charge in [0.2, 0.25) is 0 Å². The second-order valence-corrected chi connectivity index (χ2v) is 4.14. The fourth-order valence-corrected chi connectivity index (χ4v) is 1.95. The summed E-state index contributed by atoms with van der Waals surface area (Å²) in [6.45, 7) is 0. The second-order valence-electron chi connectivity index (χ2n) is 4.14. The Bertz CT molecular complexity index is 514. The number of halogens is 4. The third kappa shape index (κ3) is 2.44. The maximum absolute atomic E-state index is 13.1. The minimum atomic E-state index is -4.79. The molecule has 0 atom stereocenters. The van der Waals surface area contributed by atoms with Crippen molar-refractivity contribution in [3.63, 3.8) is 0 Å². The summed E-state index contributed by atoms with van der Waals surface area (Å²) >= 11 is 0. The zero-order valence-corrected chi connectivity index (χ0v) is 9.35. The van der Waals surface area contributed by atoms with E-state index in [9.17, 15) is 22.4 Å². The van der Waals surface area contributed by atoms with E-state index in [1.807, 2.05) is 0 Å². The van der Waals surface area contributed by atoms with Crippen LogP contribution in [-0.2, 0) is 6.18 Å². The lowest BCUT2D eigenvalue weighted by Crippen LogP contribution is -2.11. The Labute approximate surface area is 101 Å². The summed E-state index contributed by atoms with van der Waals surface area (Å²) in [5.41, 5.74) is -1.00. The molecule has 0 saturated carbocycles. The van der Waals surface area contributed by atoms with Crippen molar-refractivity contribution in [3.8, 4) is 0 Å². The molecule has 0 spiro atoms. The number of rotatable bonds is 2. The Kier molecular flexibility index (Phi) is 3.24. The zero-order valence-electron chi connectivity index (χ0n) is 9.35. The predicted molar refractivity (Wildman–Crippen MR) is 57.7 cm³/mol. The zero-order chi connectivity index (χ0) is 13.3. The fourth-order valence-electron chi connectivity index (χ4n) is 1.95. The van der Waals surface area contributed by atoms with E-state index in [0.29, 0.717) is 24.1 Å². The van der Waals surface area contributed by atoms with Crippen LogP contribution in [0.25, 0.3) is 0 Å². The molecule has 0 fully saturated rings. The van der Waals surface area contributed by atoms with Gasteiger partial charge in [0.15, 0.2) is 5.78 Å². The monoisotopic (exact) mass is 258 g/mol. The molecule has 1 aromatic rings. The van der Waals surface area contributed by atoms with E-state index in [1.165, 1.54) is 0 Å². The molecular formula is C13H10F4O. The quantitative estimate of drug-likeness (QED) is 0.575. The molecule has 1 aliphatic carbocycles. The van der Waals surface area contributed by atoms with Crippen LogP contribution in [0, 0.1) is 5.82 Å². The van der Waals surface area contributed by atoms with Crippen molar-refractivity contribution in [2.24, 2.45) is 0 Å². The molecule has 0 N–H and O–H groups in total. The Hall–Kier alpha value is -1.65. The number of benzene rings is 1. The van der Waals surface area contributed by atoms with Crippen molar-refractivity contribution in [1.82, 2.24) is 0 Å². The standard InChI is InChI=1S/C13H10F4O/c14-11-6-5-9(7-10(11)13(15,16)17)12(18)8-3-1-2-4-8/h3,5-7H,1-2,4H2. The van der Waals surface area contributed by atoms with Gasteiger partial charge in [-0.25, -0.2) is 4.39 Å². The molecule has 96 valence electrons. The third-order valence-corrected chi connectivity index (χ3v) is 2.87. The average Bonchev–Trinajstić information content (AvgIpc) is 2.80. The van der Waals surface area contributed by atoms with Gasteiger partial charge in [-0.2, -0.15) is 13.2 Å². The minimum absolute atomic E-state index is 0.114. The van der Waals surface area contributed by atoms with E-state index >= 15 is 0 Å². The van der Waals surface area contributed by atoms with Crippen LogP contribution >= 0.6 is 0 Å². The number of allylic oxidation sites excluding steroid dienone is 2. The summed E-state index contributed by atoms with van der Waals surface area (Å²) in [4.78, 5) is 11.9. The van der Waals surface area contributed by atoms with Crippen LogP contribution in [0.2, 0.25) is 0 Å². The first-order valence-corrected chi connectivity index (χ1v) is 5.50. The number of carbonyl (C=O) groups excluding carboxylic acids is 1. The highest BCUT2D eigenvalue weighted by atomic mass is 19.4. The minimum Gasteiger partial charge on any atom is -0.289 e. The lowest BCUT2D eigenvalue weighted by molar-refractivity contribution is -0.140. The van der Waals surface area contributed by atoms with Gasteiger partial charge in [0.1, 0.15) is 5.82 Å². The molecule has 0 amide bonds. The highest BCUT2D eigenvalue weighted by Crippen LogP contribution is 2.32. The van der Waals surface area contributed by atoms with Crippen molar-refractivity contribution in [2.75, 3.05) is 0 Å². The van der Waals surface area contributed by atoms with Gasteiger partial charge in [0.05, 0.1) is 5.56 Å². The summed E-state index contributed by atoms with van der Waals surface area (Å²) in [6, 6.07) is 2.36. The van der Waals surface area contributed by atoms with E-state index in [-0.39, 0.29) is 5.56 Å². The molecule has 0 aromatic heterocycles. The van der Waals surface area contributed by atoms with E-state index in [0.717, 1.165) is 18.9 Å². The smallest absolute Gasteiger partial charge is 0.289 e. The first-order valence-electron chi connectivity index (χ1n) is 5.50. The van der Waals surface area contributed by atoms with Crippen LogP contribution in [0.1, 0.15) is 35.2 Å². The molecular weight excluding hydrogens is 248 g/mol. The van der Waals surface area contributed by atoms with Crippen molar-refractivity contribution >= 4 is 5.78 Å². The molecule has 0 aliphatic heterocycles. The molecule has 0 heterocycles. The molecule has 0 bridgehead atoms. The molecule has 1 aliphatic rings. The molecule has 18 heavy (non-hydrogen) atoms. The van der Waals surface area contributed by atoms with Gasteiger partial charge in [-0.3, -0.25) is 4.79 Å². The molecule has 0 saturated heterocycles. The molecule has 0 unspecified atom stereocenters. The van der Waals surface area contributed by atoms with E-state index in [1.54, 1.807) is 6.08 Å². The highest BCUT2D eigenvalue weighted by molar-refractivity contribution is 6.09. The van der Waals surface area contributed by atoms with Crippen LogP contribution in [0.5, 0.6) is 0 Å². The van der Waals surface area contributed by atoms with E-state index < -0.39 is 23.3 Å². The number of carbonyl (C=O) groups is 1. The van der Waals surface area contributed by atoms with Crippen LogP contribution < -0.4 is 0 Å². The molecule has 1 nitrogen and oxygen atoms in total. The van der Waals surface area contributed by atoms with Crippen molar-refractivity contribution in [3.05, 3.63) is 46.8 Å². The topological polar surface area (TPSA) is 17.1 Å². The number of hydrogen-bond acceptors (Lipinski definition) is 1. The highest BCUT2D eigenvalue weighted by Gasteiger charge is 2.34. The Morgan fingerprint density at radius 2 is 1.94 bits per heavy atom. The first-order chi connectivity index (χ1) is 8.39. The number of ketones is 1. The lowest BCUT2D eigenvalue weighted by atomic mass is 10.0. The normalized spacial score (nSPS) is 15.7. The summed E-state index contributed by atoms with van der Waals surface area (Å²) in [6.07, 6.45) is -0.913. The van der Waals surface area contributed by atoms with Gasteiger partial charge in [0, 0.05) is 5.56 Å². The number of hydrogen-bond donors (Lipinski definition) is 0. The van der Waals surface area contributed by atoms with Gasteiger partial charge in [-0.05, 0) is 43.0 Å². The van der Waals surface area contributed by atoms with Crippen LogP contribution in [-0.4, -0.2) is 5.78 Å². The van der Waals surface area contributed by atoms with Gasteiger partial charge in [-0.15, -0.1) is 0 Å². The summed E-state index contributed by atoms with van der Waals surface area (Å²) < 4.78 is 50.6. The second kappa shape index (κ2) is 4.55. The van der Waals surface area contributed by atoms with Gasteiger partial charge in [-0.1, -0.05) is 6.08 Å². The Morgan fingerprint density at radius 1 is 1.22 bits per heavy atom. The van der Waals surface area contributed by atoms with Gasteiger partial charge < -0.3 is 0 Å². The van der Waals surface area contributed by atoms with Crippen LogP contribution in [0.3, 0.4) is 0 Å².